The van der Waals surface area contributed by atoms with Crippen LogP contribution in [0.5, 0.6) is 0 Å². The molecular formula is C17H20N4. The Kier molecular flexibility index (Phi) is 4.03. The number of nitrogens with two attached hydrogens (primary N) is 1. The molecule has 21 heavy (non-hydrogen) atoms. The van der Waals surface area contributed by atoms with Crippen molar-refractivity contribution >= 4 is 16.6 Å². The van der Waals surface area contributed by atoms with Gasteiger partial charge < -0.3 is 10.6 Å². The lowest BCUT2D eigenvalue weighted by molar-refractivity contribution is 0.386. The molecule has 1 aliphatic heterocycles. The molecule has 2 heterocycles. The number of hydrogen-bond acceptors (Lipinski definition) is 4. The topological polar surface area (TPSA) is 65.9 Å². The van der Waals surface area contributed by atoms with Crippen LogP contribution in [0.4, 0.5) is 5.69 Å². The quantitative estimate of drug-likeness (QED) is 0.938. The van der Waals surface area contributed by atoms with Gasteiger partial charge in [0.15, 0.2) is 0 Å². The Morgan fingerprint density at radius 1 is 1.29 bits per heavy atom. The van der Waals surface area contributed by atoms with Crippen LogP contribution in [0.1, 0.15) is 24.8 Å². The summed E-state index contributed by atoms with van der Waals surface area (Å²) in [5, 5.41) is 10.5. The van der Waals surface area contributed by atoms with Gasteiger partial charge in [0.1, 0.15) is 6.07 Å². The zero-order valence-corrected chi connectivity index (χ0v) is 12.1. The molecule has 0 radical (unpaired) electrons. The molecule has 4 heteroatoms. The molecule has 3 rings (SSSR count). The minimum atomic E-state index is 0.672. The molecule has 1 aromatic carbocycles. The predicted octanol–water partition coefficient (Wildman–Crippen LogP) is 2.67. The van der Waals surface area contributed by atoms with Crippen molar-refractivity contribution in [1.82, 2.24) is 4.98 Å². The molecule has 0 amide bonds. The van der Waals surface area contributed by atoms with Gasteiger partial charge in [-0.25, -0.2) is 0 Å². The summed E-state index contributed by atoms with van der Waals surface area (Å²) in [6.45, 7) is 2.76. The Balaban J connectivity index is 1.95. The monoisotopic (exact) mass is 280 g/mol. The minimum absolute atomic E-state index is 0.672. The van der Waals surface area contributed by atoms with E-state index in [2.05, 4.69) is 22.0 Å². The Hall–Kier alpha value is -2.12. The Bertz CT molecular complexity index is 666. The third kappa shape index (κ3) is 2.70. The Morgan fingerprint density at radius 3 is 2.76 bits per heavy atom. The number of nitriles is 1. The lowest BCUT2D eigenvalue weighted by Crippen LogP contribution is -2.35. The first-order chi connectivity index (χ1) is 10.3. The lowest BCUT2D eigenvalue weighted by Gasteiger charge is -2.34. The van der Waals surface area contributed by atoms with E-state index >= 15 is 0 Å². The van der Waals surface area contributed by atoms with Crippen LogP contribution < -0.4 is 10.6 Å². The number of hydrogen-bond donors (Lipinski definition) is 1. The van der Waals surface area contributed by atoms with Gasteiger partial charge >= 0.3 is 0 Å². The number of rotatable bonds is 3. The van der Waals surface area contributed by atoms with Crippen LogP contribution >= 0.6 is 0 Å². The van der Waals surface area contributed by atoms with Crippen molar-refractivity contribution in [1.29, 1.82) is 5.26 Å². The van der Waals surface area contributed by atoms with Gasteiger partial charge in [0.2, 0.25) is 0 Å². The Labute approximate surface area is 125 Å². The molecule has 4 nitrogen and oxygen atoms in total. The number of benzene rings is 1. The van der Waals surface area contributed by atoms with Gasteiger partial charge in [-0.1, -0.05) is 18.2 Å². The molecule has 0 bridgehead atoms. The second-order valence-electron chi connectivity index (χ2n) is 5.66. The summed E-state index contributed by atoms with van der Waals surface area (Å²) in [6.07, 6.45) is 5.11. The summed E-state index contributed by atoms with van der Waals surface area (Å²) in [4.78, 5) is 6.73. The first-order valence-electron chi connectivity index (χ1n) is 7.56. The molecular weight excluding hydrogens is 260 g/mol. The van der Waals surface area contributed by atoms with Crippen molar-refractivity contribution in [3.05, 3.63) is 36.0 Å². The number of anilines is 1. The van der Waals surface area contributed by atoms with Gasteiger partial charge in [-0.05, 0) is 37.8 Å². The first-order valence-corrected chi connectivity index (χ1v) is 7.56. The average Bonchev–Trinajstić information content (AvgIpc) is 2.55. The van der Waals surface area contributed by atoms with Crippen LogP contribution in [0.15, 0.2) is 30.5 Å². The number of para-hydroxylation sites is 1. The molecule has 0 aliphatic carbocycles. The zero-order valence-electron chi connectivity index (χ0n) is 12.1. The third-order valence-electron chi connectivity index (χ3n) is 4.37. The maximum atomic E-state index is 9.41. The average molecular weight is 280 g/mol. The molecule has 2 N–H and O–H groups in total. The van der Waals surface area contributed by atoms with Crippen molar-refractivity contribution < 1.29 is 0 Å². The van der Waals surface area contributed by atoms with E-state index in [0.717, 1.165) is 61.4 Å². The molecule has 0 unspecified atom stereocenters. The van der Waals surface area contributed by atoms with E-state index in [-0.39, 0.29) is 0 Å². The molecule has 0 spiro atoms. The second kappa shape index (κ2) is 6.11. The molecule has 1 saturated heterocycles. The fourth-order valence-electron chi connectivity index (χ4n) is 3.23. The molecule has 2 aromatic rings. The van der Waals surface area contributed by atoms with Crippen LogP contribution in [0.2, 0.25) is 0 Å². The number of aromatic nitrogens is 1. The number of piperidine rings is 1. The van der Waals surface area contributed by atoms with E-state index in [1.54, 1.807) is 6.20 Å². The standard InChI is InChI=1S/C17H20N4/c18-8-5-13-6-9-21(10-7-13)17-14(11-19)12-20-16-4-2-1-3-15(16)17/h1-4,12-13H,5-10,18H2. The van der Waals surface area contributed by atoms with Gasteiger partial charge in [-0.3, -0.25) is 4.98 Å². The third-order valence-corrected chi connectivity index (χ3v) is 4.37. The van der Waals surface area contributed by atoms with Crippen LogP contribution in [0.25, 0.3) is 10.9 Å². The molecule has 1 aromatic heterocycles. The highest BCUT2D eigenvalue weighted by atomic mass is 15.1. The SMILES string of the molecule is N#Cc1cnc2ccccc2c1N1CCC(CCN)CC1. The molecule has 1 aliphatic rings. The van der Waals surface area contributed by atoms with E-state index in [1.165, 1.54) is 0 Å². The maximum Gasteiger partial charge on any atom is 0.103 e. The second-order valence-corrected chi connectivity index (χ2v) is 5.66. The summed E-state index contributed by atoms with van der Waals surface area (Å²) in [6, 6.07) is 10.4. The summed E-state index contributed by atoms with van der Waals surface area (Å²) >= 11 is 0. The number of pyridine rings is 1. The van der Waals surface area contributed by atoms with Crippen molar-refractivity contribution in [2.75, 3.05) is 24.5 Å². The smallest absolute Gasteiger partial charge is 0.103 e. The molecule has 1 fully saturated rings. The van der Waals surface area contributed by atoms with Crippen LogP contribution in [0, 0.1) is 17.2 Å². The Morgan fingerprint density at radius 2 is 2.05 bits per heavy atom. The van der Waals surface area contributed by atoms with Gasteiger partial charge in [-0.15, -0.1) is 0 Å². The predicted molar refractivity (Wildman–Crippen MR) is 85.1 cm³/mol. The van der Waals surface area contributed by atoms with E-state index in [4.69, 9.17) is 5.73 Å². The largest absolute Gasteiger partial charge is 0.370 e. The van der Waals surface area contributed by atoms with Crippen LogP contribution in [-0.4, -0.2) is 24.6 Å². The summed E-state index contributed by atoms with van der Waals surface area (Å²) in [7, 11) is 0. The highest BCUT2D eigenvalue weighted by molar-refractivity contribution is 5.94. The minimum Gasteiger partial charge on any atom is -0.370 e. The molecule has 0 atom stereocenters. The van der Waals surface area contributed by atoms with Gasteiger partial charge in [0.05, 0.1) is 16.8 Å². The van der Waals surface area contributed by atoms with E-state index < -0.39 is 0 Å². The highest BCUT2D eigenvalue weighted by Crippen LogP contribution is 2.32. The normalized spacial score (nSPS) is 16.1. The summed E-state index contributed by atoms with van der Waals surface area (Å²) in [5.74, 6) is 0.727. The van der Waals surface area contributed by atoms with Gasteiger partial charge in [-0.2, -0.15) is 5.26 Å². The maximum absolute atomic E-state index is 9.41. The summed E-state index contributed by atoms with van der Waals surface area (Å²) in [5.41, 5.74) is 8.34. The van der Waals surface area contributed by atoms with Crippen LogP contribution in [0.3, 0.4) is 0 Å². The van der Waals surface area contributed by atoms with Crippen molar-refractivity contribution in [2.24, 2.45) is 11.7 Å². The van der Waals surface area contributed by atoms with Gasteiger partial charge in [0.25, 0.3) is 0 Å². The lowest BCUT2D eigenvalue weighted by atomic mass is 9.92. The fraction of sp³-hybridized carbons (Fsp3) is 0.412. The fourth-order valence-corrected chi connectivity index (χ4v) is 3.23. The van der Waals surface area contributed by atoms with Crippen molar-refractivity contribution in [3.63, 3.8) is 0 Å². The number of fused-ring (bicyclic) bond motifs is 1. The first kappa shape index (κ1) is 13.8. The van der Waals surface area contributed by atoms with E-state index in [0.29, 0.717) is 5.56 Å². The van der Waals surface area contributed by atoms with E-state index in [1.807, 2.05) is 18.2 Å². The molecule has 0 saturated carbocycles. The van der Waals surface area contributed by atoms with E-state index in [9.17, 15) is 5.26 Å². The summed E-state index contributed by atoms with van der Waals surface area (Å²) < 4.78 is 0. The highest BCUT2D eigenvalue weighted by Gasteiger charge is 2.22. The van der Waals surface area contributed by atoms with Crippen molar-refractivity contribution in [3.8, 4) is 6.07 Å². The zero-order chi connectivity index (χ0) is 14.7. The number of nitrogens with zero attached hydrogens (tertiary/aromatic N) is 3. The van der Waals surface area contributed by atoms with Gasteiger partial charge in [0, 0.05) is 24.7 Å². The van der Waals surface area contributed by atoms with Crippen LogP contribution in [-0.2, 0) is 0 Å². The van der Waals surface area contributed by atoms with Crippen molar-refractivity contribution in [2.45, 2.75) is 19.3 Å². The molecule has 108 valence electrons.